The van der Waals surface area contributed by atoms with Gasteiger partial charge < -0.3 is 15.1 Å². The highest BCUT2D eigenvalue weighted by Crippen LogP contribution is 2.31. The van der Waals surface area contributed by atoms with E-state index < -0.39 is 35.2 Å². The SMILES string of the molecule is CN1CCN(C(=O)c2cnc(NNC(=O)c3ccc(CNCc4ccccn4)cc3)nc2C(F)(F)F)CC1. The third-order valence-electron chi connectivity index (χ3n) is 5.94. The molecular weight excluding hydrogens is 501 g/mol. The summed E-state index contributed by atoms with van der Waals surface area (Å²) in [5.74, 6) is -1.86. The Kier molecular flexibility index (Phi) is 8.48. The number of rotatable bonds is 8. The number of hydrogen-bond donors (Lipinski definition) is 3. The third-order valence-corrected chi connectivity index (χ3v) is 5.94. The summed E-state index contributed by atoms with van der Waals surface area (Å²) in [7, 11) is 1.87. The van der Waals surface area contributed by atoms with Crippen LogP contribution in [0.5, 0.6) is 0 Å². The number of carbonyl (C=O) groups excluding carboxylic acids is 2. The molecule has 0 aliphatic carbocycles. The van der Waals surface area contributed by atoms with Crippen molar-refractivity contribution in [2.45, 2.75) is 19.3 Å². The average molecular weight is 529 g/mol. The van der Waals surface area contributed by atoms with Crippen LogP contribution in [0.1, 0.15) is 37.7 Å². The number of nitrogens with zero attached hydrogens (tertiary/aromatic N) is 5. The monoisotopic (exact) mass is 528 g/mol. The molecule has 1 aliphatic heterocycles. The van der Waals surface area contributed by atoms with Gasteiger partial charge in [0, 0.05) is 57.2 Å². The molecule has 3 aromatic rings. The molecule has 200 valence electrons. The molecule has 1 fully saturated rings. The molecule has 0 bridgehead atoms. The summed E-state index contributed by atoms with van der Waals surface area (Å²) >= 11 is 0. The maximum absolute atomic E-state index is 13.7. The van der Waals surface area contributed by atoms with E-state index in [0.717, 1.165) is 17.5 Å². The van der Waals surface area contributed by atoms with Gasteiger partial charge in [-0.25, -0.2) is 9.97 Å². The average Bonchev–Trinajstić information content (AvgIpc) is 2.92. The van der Waals surface area contributed by atoms with Crippen LogP contribution in [0.4, 0.5) is 19.1 Å². The number of benzene rings is 1. The van der Waals surface area contributed by atoms with E-state index in [0.29, 0.717) is 39.3 Å². The van der Waals surface area contributed by atoms with E-state index in [2.05, 4.69) is 31.1 Å². The number of nitrogens with one attached hydrogen (secondary N) is 3. The number of halogens is 3. The molecule has 4 rings (SSSR count). The second-order valence-electron chi connectivity index (χ2n) is 8.75. The third kappa shape index (κ3) is 7.01. The number of piperazine rings is 1. The summed E-state index contributed by atoms with van der Waals surface area (Å²) in [4.78, 5) is 40.1. The maximum atomic E-state index is 13.7. The van der Waals surface area contributed by atoms with Crippen molar-refractivity contribution in [2.24, 2.45) is 0 Å². The van der Waals surface area contributed by atoms with Gasteiger partial charge in [-0.3, -0.25) is 25.4 Å². The highest BCUT2D eigenvalue weighted by Gasteiger charge is 2.39. The molecular formula is C25H27F3N8O2. The fraction of sp³-hybridized carbons (Fsp3) is 0.320. The molecule has 10 nitrogen and oxygen atoms in total. The van der Waals surface area contributed by atoms with E-state index >= 15 is 0 Å². The van der Waals surface area contributed by atoms with Gasteiger partial charge in [0.2, 0.25) is 5.95 Å². The zero-order valence-electron chi connectivity index (χ0n) is 20.6. The number of hydrazine groups is 1. The number of anilines is 1. The minimum atomic E-state index is -4.89. The first-order chi connectivity index (χ1) is 18.2. The molecule has 3 N–H and O–H groups in total. The van der Waals surface area contributed by atoms with Gasteiger partial charge in [0.25, 0.3) is 11.8 Å². The van der Waals surface area contributed by atoms with E-state index in [1.165, 1.54) is 4.90 Å². The summed E-state index contributed by atoms with van der Waals surface area (Å²) in [6.07, 6.45) is -2.34. The van der Waals surface area contributed by atoms with Gasteiger partial charge in [0.1, 0.15) is 0 Å². The first kappa shape index (κ1) is 26.9. The molecule has 2 amide bonds. The fourth-order valence-electron chi connectivity index (χ4n) is 3.79. The molecule has 38 heavy (non-hydrogen) atoms. The molecule has 0 radical (unpaired) electrons. The van der Waals surface area contributed by atoms with Crippen molar-refractivity contribution in [1.29, 1.82) is 0 Å². The van der Waals surface area contributed by atoms with E-state index in [4.69, 9.17) is 0 Å². The summed E-state index contributed by atoms with van der Waals surface area (Å²) in [5.41, 5.74) is 4.71. The maximum Gasteiger partial charge on any atom is 0.434 e. The number of hydrogen-bond acceptors (Lipinski definition) is 8. The Morgan fingerprint density at radius 1 is 0.974 bits per heavy atom. The number of aromatic nitrogens is 3. The van der Waals surface area contributed by atoms with Crippen molar-refractivity contribution in [3.63, 3.8) is 0 Å². The number of alkyl halides is 3. The fourth-order valence-corrected chi connectivity index (χ4v) is 3.79. The van der Waals surface area contributed by atoms with Gasteiger partial charge in [-0.15, -0.1) is 0 Å². The Morgan fingerprint density at radius 3 is 2.37 bits per heavy atom. The molecule has 1 aliphatic rings. The predicted molar refractivity (Wildman–Crippen MR) is 133 cm³/mol. The lowest BCUT2D eigenvalue weighted by molar-refractivity contribution is -0.141. The number of pyridine rings is 1. The van der Waals surface area contributed by atoms with Gasteiger partial charge in [-0.1, -0.05) is 18.2 Å². The van der Waals surface area contributed by atoms with Crippen molar-refractivity contribution >= 4 is 17.8 Å². The minimum Gasteiger partial charge on any atom is -0.336 e. The van der Waals surface area contributed by atoms with E-state index in [1.807, 2.05) is 30.1 Å². The van der Waals surface area contributed by atoms with Gasteiger partial charge in [-0.05, 0) is 36.9 Å². The lowest BCUT2D eigenvalue weighted by Gasteiger charge is -2.32. The number of amides is 2. The van der Waals surface area contributed by atoms with Gasteiger partial charge >= 0.3 is 6.18 Å². The van der Waals surface area contributed by atoms with Crippen LogP contribution in [0.2, 0.25) is 0 Å². The molecule has 13 heteroatoms. The van der Waals surface area contributed by atoms with Crippen LogP contribution in [-0.2, 0) is 19.3 Å². The Labute approximate surface area is 217 Å². The largest absolute Gasteiger partial charge is 0.434 e. The van der Waals surface area contributed by atoms with Crippen LogP contribution in [0.15, 0.2) is 54.9 Å². The lowest BCUT2D eigenvalue weighted by Crippen LogP contribution is -2.47. The second kappa shape index (κ2) is 12.0. The van der Waals surface area contributed by atoms with Crippen molar-refractivity contribution < 1.29 is 22.8 Å². The van der Waals surface area contributed by atoms with Crippen LogP contribution in [0, 0.1) is 0 Å². The van der Waals surface area contributed by atoms with Crippen LogP contribution in [-0.4, -0.2) is 69.8 Å². The van der Waals surface area contributed by atoms with E-state index in [9.17, 15) is 22.8 Å². The molecule has 1 saturated heterocycles. The topological polar surface area (TPSA) is 115 Å². The van der Waals surface area contributed by atoms with Gasteiger partial charge in [0.05, 0.1) is 11.3 Å². The first-order valence-corrected chi connectivity index (χ1v) is 11.9. The highest BCUT2D eigenvalue weighted by atomic mass is 19.4. The summed E-state index contributed by atoms with van der Waals surface area (Å²) in [5, 5.41) is 3.25. The van der Waals surface area contributed by atoms with E-state index in [1.54, 1.807) is 30.5 Å². The Morgan fingerprint density at radius 2 is 1.71 bits per heavy atom. The molecule has 1 aromatic carbocycles. The minimum absolute atomic E-state index is 0.281. The Bertz CT molecular complexity index is 1250. The Balaban J connectivity index is 1.35. The zero-order chi connectivity index (χ0) is 27.1. The smallest absolute Gasteiger partial charge is 0.336 e. The molecule has 0 atom stereocenters. The van der Waals surface area contributed by atoms with E-state index in [-0.39, 0.29) is 5.56 Å². The molecule has 3 heterocycles. The summed E-state index contributed by atoms with van der Waals surface area (Å²) < 4.78 is 41.1. The lowest BCUT2D eigenvalue weighted by atomic mass is 10.1. The van der Waals surface area contributed by atoms with Crippen LogP contribution < -0.4 is 16.2 Å². The quantitative estimate of drug-likeness (QED) is 0.382. The van der Waals surface area contributed by atoms with Crippen molar-refractivity contribution in [1.82, 2.24) is 35.5 Å². The Hall–Kier alpha value is -4.10. The zero-order valence-corrected chi connectivity index (χ0v) is 20.6. The van der Waals surface area contributed by atoms with Gasteiger partial charge in [-0.2, -0.15) is 13.2 Å². The number of carbonyl (C=O) groups is 2. The van der Waals surface area contributed by atoms with Gasteiger partial charge in [0.15, 0.2) is 5.69 Å². The van der Waals surface area contributed by atoms with Crippen molar-refractivity contribution in [2.75, 3.05) is 38.7 Å². The molecule has 2 aromatic heterocycles. The first-order valence-electron chi connectivity index (χ1n) is 11.9. The highest BCUT2D eigenvalue weighted by molar-refractivity contribution is 5.96. The van der Waals surface area contributed by atoms with Crippen molar-refractivity contribution in [3.8, 4) is 0 Å². The second-order valence-corrected chi connectivity index (χ2v) is 8.75. The molecule has 0 unspecified atom stereocenters. The summed E-state index contributed by atoms with van der Waals surface area (Å²) in [6.45, 7) is 2.88. The standard InChI is InChI=1S/C25H27F3N8O2/c1-35-10-12-36(13-11-35)23(38)20-16-31-24(32-21(20)25(26,27)28)34-33-22(37)18-7-5-17(6-8-18)14-29-15-19-4-2-3-9-30-19/h2-9,16,29H,10-15H2,1H3,(H,33,37)(H,31,32,34). The van der Waals surface area contributed by atoms with Crippen LogP contribution in [0.3, 0.4) is 0 Å². The normalized spacial score (nSPS) is 14.3. The molecule has 0 spiro atoms. The van der Waals surface area contributed by atoms with Crippen LogP contribution >= 0.6 is 0 Å². The molecule has 0 saturated carbocycles. The predicted octanol–water partition coefficient (Wildman–Crippen LogP) is 2.32. The van der Waals surface area contributed by atoms with Crippen LogP contribution in [0.25, 0.3) is 0 Å². The summed E-state index contributed by atoms with van der Waals surface area (Å²) in [6, 6.07) is 12.4. The van der Waals surface area contributed by atoms with Crippen molar-refractivity contribution in [3.05, 3.63) is 82.9 Å². The number of likely N-dealkylation sites (N-methyl/N-ethyl adjacent to an activating group) is 1.